The van der Waals surface area contributed by atoms with Crippen molar-refractivity contribution in [1.82, 2.24) is 10.2 Å². The molecule has 4 rings (SSSR count). The summed E-state index contributed by atoms with van der Waals surface area (Å²) in [6.07, 6.45) is 5.96. The quantitative estimate of drug-likeness (QED) is 0.802. The summed E-state index contributed by atoms with van der Waals surface area (Å²) >= 11 is 0. The van der Waals surface area contributed by atoms with Crippen molar-refractivity contribution in [2.24, 2.45) is 4.99 Å². The van der Waals surface area contributed by atoms with Crippen LogP contribution in [0.15, 0.2) is 53.5 Å². The average molecular weight is 380 g/mol. The lowest BCUT2D eigenvalue weighted by Gasteiger charge is -2.37. The van der Waals surface area contributed by atoms with Crippen LogP contribution in [0.1, 0.15) is 55.3 Å². The first-order chi connectivity index (χ1) is 13.7. The van der Waals surface area contributed by atoms with Crippen LogP contribution < -0.4 is 5.32 Å². The second kappa shape index (κ2) is 8.87. The van der Waals surface area contributed by atoms with Gasteiger partial charge in [-0.25, -0.2) is 4.39 Å². The van der Waals surface area contributed by atoms with E-state index < -0.39 is 0 Å². The minimum Gasteiger partial charge on any atom is -0.353 e. The van der Waals surface area contributed by atoms with Crippen LogP contribution in [0.25, 0.3) is 0 Å². The number of amidine groups is 1. The van der Waals surface area contributed by atoms with Gasteiger partial charge in [0.15, 0.2) is 0 Å². The molecule has 4 heteroatoms. The zero-order chi connectivity index (χ0) is 19.3. The second-order valence-electron chi connectivity index (χ2n) is 7.96. The Morgan fingerprint density at radius 2 is 1.82 bits per heavy atom. The van der Waals surface area contributed by atoms with E-state index in [2.05, 4.69) is 41.4 Å². The van der Waals surface area contributed by atoms with E-state index in [1.54, 1.807) is 12.1 Å². The molecule has 1 aliphatic carbocycles. The highest BCUT2D eigenvalue weighted by atomic mass is 19.1. The summed E-state index contributed by atoms with van der Waals surface area (Å²) in [5.74, 6) is 0.925. The average Bonchev–Trinajstić information content (AvgIpc) is 3.23. The third kappa shape index (κ3) is 4.44. The smallest absolute Gasteiger partial charge is 0.123 e. The fourth-order valence-electron chi connectivity index (χ4n) is 4.36. The Kier molecular flexibility index (Phi) is 6.06. The molecule has 0 bridgehead atoms. The van der Waals surface area contributed by atoms with Crippen LogP contribution in [0, 0.1) is 5.82 Å². The van der Waals surface area contributed by atoms with Crippen LogP contribution in [0.5, 0.6) is 0 Å². The number of aryl methyl sites for hydroxylation is 1. The molecule has 2 fully saturated rings. The van der Waals surface area contributed by atoms with Crippen LogP contribution >= 0.6 is 0 Å². The van der Waals surface area contributed by atoms with Crippen LogP contribution in [-0.2, 0) is 13.0 Å². The topological polar surface area (TPSA) is 27.6 Å². The maximum absolute atomic E-state index is 13.5. The van der Waals surface area contributed by atoms with Gasteiger partial charge in [-0.05, 0) is 48.1 Å². The molecule has 1 aliphatic heterocycles. The Morgan fingerprint density at radius 1 is 1.07 bits per heavy atom. The molecule has 1 N–H and O–H groups in total. The van der Waals surface area contributed by atoms with Gasteiger partial charge in [0.05, 0.1) is 12.1 Å². The molecule has 1 saturated heterocycles. The van der Waals surface area contributed by atoms with Crippen molar-refractivity contribution < 1.29 is 4.39 Å². The van der Waals surface area contributed by atoms with Gasteiger partial charge in [-0.2, -0.15) is 0 Å². The van der Waals surface area contributed by atoms with Crippen molar-refractivity contribution in [1.29, 1.82) is 0 Å². The van der Waals surface area contributed by atoms with Gasteiger partial charge in [0, 0.05) is 19.6 Å². The first-order valence-corrected chi connectivity index (χ1v) is 10.6. The van der Waals surface area contributed by atoms with Gasteiger partial charge in [0.1, 0.15) is 11.7 Å². The Morgan fingerprint density at radius 3 is 2.57 bits per heavy atom. The zero-order valence-electron chi connectivity index (χ0n) is 16.7. The molecule has 2 aliphatic rings. The highest BCUT2D eigenvalue weighted by molar-refractivity contribution is 5.89. The fourth-order valence-corrected chi connectivity index (χ4v) is 4.36. The third-order valence-corrected chi connectivity index (χ3v) is 5.93. The number of halogens is 1. The van der Waals surface area contributed by atoms with Crippen LogP contribution in [0.4, 0.5) is 4.39 Å². The van der Waals surface area contributed by atoms with Gasteiger partial charge < -0.3 is 10.2 Å². The highest BCUT2D eigenvalue weighted by Crippen LogP contribution is 2.27. The van der Waals surface area contributed by atoms with Crippen LogP contribution in [0.3, 0.4) is 0 Å². The van der Waals surface area contributed by atoms with Gasteiger partial charge >= 0.3 is 0 Å². The van der Waals surface area contributed by atoms with Gasteiger partial charge in [-0.1, -0.05) is 56.2 Å². The lowest BCUT2D eigenvalue weighted by molar-refractivity contribution is 0.341. The van der Waals surface area contributed by atoms with Crippen molar-refractivity contribution in [3.05, 3.63) is 71.0 Å². The lowest BCUT2D eigenvalue weighted by atomic mass is 10.0. The number of benzene rings is 2. The number of hydrogen-bond acceptors (Lipinski definition) is 2. The largest absolute Gasteiger partial charge is 0.353 e. The highest BCUT2D eigenvalue weighted by Gasteiger charge is 2.29. The molecule has 148 valence electrons. The Balaban J connectivity index is 1.63. The molecule has 0 aromatic heterocycles. The normalized spacial score (nSPS) is 22.1. The summed E-state index contributed by atoms with van der Waals surface area (Å²) in [4.78, 5) is 7.65. The summed E-state index contributed by atoms with van der Waals surface area (Å²) in [6, 6.07) is 16.2. The van der Waals surface area contributed by atoms with E-state index in [9.17, 15) is 4.39 Å². The molecule has 0 spiro atoms. The molecule has 1 saturated carbocycles. The second-order valence-corrected chi connectivity index (χ2v) is 7.96. The minimum absolute atomic E-state index is 0.0318. The minimum atomic E-state index is -0.193. The molecule has 1 heterocycles. The molecular formula is C24H30FN3. The molecule has 2 aromatic carbocycles. The van der Waals surface area contributed by atoms with Crippen LogP contribution in [0.2, 0.25) is 0 Å². The molecule has 3 nitrogen and oxygen atoms in total. The monoisotopic (exact) mass is 379 g/mol. The van der Waals surface area contributed by atoms with Gasteiger partial charge in [-0.3, -0.25) is 4.99 Å². The van der Waals surface area contributed by atoms with E-state index >= 15 is 0 Å². The standard InChI is InChI=1S/C24H30FN3/c1-2-18-6-5-7-19(16-18)17-28-15-14-26-23(20-10-12-21(25)13-11-20)24(28)27-22-8-3-4-9-22/h5-7,10-13,16,22-23,26H,2-4,8-9,14-15,17H2,1H3. The first kappa shape index (κ1) is 19.1. The van der Waals surface area contributed by atoms with E-state index in [4.69, 9.17) is 4.99 Å². The predicted molar refractivity (Wildman–Crippen MR) is 113 cm³/mol. The summed E-state index contributed by atoms with van der Waals surface area (Å²) in [5, 5.41) is 3.62. The van der Waals surface area contributed by atoms with Gasteiger partial charge in [0.2, 0.25) is 0 Å². The zero-order valence-corrected chi connectivity index (χ0v) is 16.7. The van der Waals surface area contributed by atoms with Crippen LogP contribution in [-0.4, -0.2) is 29.9 Å². The van der Waals surface area contributed by atoms with E-state index in [1.807, 2.05) is 12.1 Å². The Labute approximate surface area is 167 Å². The maximum atomic E-state index is 13.5. The molecule has 0 amide bonds. The summed E-state index contributed by atoms with van der Waals surface area (Å²) in [5.41, 5.74) is 3.79. The molecule has 0 radical (unpaired) electrons. The molecule has 1 unspecified atom stereocenters. The third-order valence-electron chi connectivity index (χ3n) is 5.93. The van der Waals surface area contributed by atoms with E-state index in [1.165, 1.54) is 36.8 Å². The summed E-state index contributed by atoms with van der Waals surface area (Å²) < 4.78 is 13.5. The number of hydrogen-bond donors (Lipinski definition) is 1. The lowest BCUT2D eigenvalue weighted by Crippen LogP contribution is -2.50. The molecule has 1 atom stereocenters. The van der Waals surface area contributed by atoms with Gasteiger partial charge in [-0.15, -0.1) is 0 Å². The Hall–Kier alpha value is -2.20. The van der Waals surface area contributed by atoms with E-state index in [0.717, 1.165) is 37.5 Å². The first-order valence-electron chi connectivity index (χ1n) is 10.6. The van der Waals surface area contributed by atoms with E-state index in [0.29, 0.717) is 6.04 Å². The number of aliphatic imine (C=N–C) groups is 1. The molecule has 28 heavy (non-hydrogen) atoms. The number of rotatable bonds is 5. The van der Waals surface area contributed by atoms with E-state index in [-0.39, 0.29) is 11.9 Å². The summed E-state index contributed by atoms with van der Waals surface area (Å²) in [7, 11) is 0. The number of piperazine rings is 1. The number of nitrogens with one attached hydrogen (secondary N) is 1. The van der Waals surface area contributed by atoms with Crippen molar-refractivity contribution in [2.45, 2.75) is 57.7 Å². The fraction of sp³-hybridized carbons (Fsp3) is 0.458. The van der Waals surface area contributed by atoms with Crippen molar-refractivity contribution >= 4 is 5.84 Å². The summed E-state index contributed by atoms with van der Waals surface area (Å²) in [6.45, 7) is 4.92. The van der Waals surface area contributed by atoms with Crippen molar-refractivity contribution in [3.63, 3.8) is 0 Å². The maximum Gasteiger partial charge on any atom is 0.123 e. The van der Waals surface area contributed by atoms with Gasteiger partial charge in [0.25, 0.3) is 0 Å². The molecular weight excluding hydrogens is 349 g/mol. The Bertz CT molecular complexity index is 809. The molecule has 2 aromatic rings. The van der Waals surface area contributed by atoms with Crippen molar-refractivity contribution in [2.75, 3.05) is 13.1 Å². The number of nitrogens with zero attached hydrogens (tertiary/aromatic N) is 2. The SMILES string of the molecule is CCc1cccc(CN2CCNC(c3ccc(F)cc3)C2=NC2CCCC2)c1. The van der Waals surface area contributed by atoms with Crippen molar-refractivity contribution in [3.8, 4) is 0 Å². The predicted octanol–water partition coefficient (Wildman–Crippen LogP) is 4.88.